The van der Waals surface area contributed by atoms with Gasteiger partial charge in [-0.3, -0.25) is 10.1 Å². The Bertz CT molecular complexity index is 836. The number of carbonyl (C=O) groups is 1. The summed E-state index contributed by atoms with van der Waals surface area (Å²) in [4.78, 5) is 19.8. The lowest BCUT2D eigenvalue weighted by molar-refractivity contribution is 0.102. The van der Waals surface area contributed by atoms with Gasteiger partial charge < -0.3 is 10.0 Å². The fourth-order valence-electron chi connectivity index (χ4n) is 3.13. The van der Waals surface area contributed by atoms with Gasteiger partial charge >= 0.3 is 0 Å². The maximum Gasteiger partial charge on any atom is 0.261 e. The highest BCUT2D eigenvalue weighted by Gasteiger charge is 2.29. The quantitative estimate of drug-likeness (QED) is 0.655. The third-order valence-corrected chi connectivity index (χ3v) is 6.34. The summed E-state index contributed by atoms with van der Waals surface area (Å²) in [5.41, 5.74) is 1.12. The van der Waals surface area contributed by atoms with Gasteiger partial charge in [0.1, 0.15) is 10.8 Å². The normalized spacial score (nSPS) is 15.8. The van der Waals surface area contributed by atoms with E-state index in [1.807, 2.05) is 0 Å². The van der Waals surface area contributed by atoms with E-state index in [2.05, 4.69) is 53.8 Å². The van der Waals surface area contributed by atoms with Gasteiger partial charge in [0.25, 0.3) is 5.91 Å². The summed E-state index contributed by atoms with van der Waals surface area (Å²) in [7, 11) is 0. The summed E-state index contributed by atoms with van der Waals surface area (Å²) in [5, 5.41) is 14.6. The first-order chi connectivity index (χ1) is 12.6. The van der Waals surface area contributed by atoms with Crippen molar-refractivity contribution in [2.75, 3.05) is 23.3 Å². The first-order valence-corrected chi connectivity index (χ1v) is 10.8. The van der Waals surface area contributed by atoms with Crippen LogP contribution in [0.2, 0.25) is 0 Å². The Morgan fingerprint density at radius 2 is 2.00 bits per heavy atom. The summed E-state index contributed by atoms with van der Waals surface area (Å²) in [6, 6.07) is 4.81. The number of phenols is 1. The number of amides is 1. The largest absolute Gasteiger partial charge is 0.507 e. The van der Waals surface area contributed by atoms with Crippen LogP contribution in [0.1, 0.15) is 56.6 Å². The van der Waals surface area contributed by atoms with Gasteiger partial charge in [0, 0.05) is 23.0 Å². The van der Waals surface area contributed by atoms with Gasteiger partial charge in [-0.05, 0) is 37.0 Å². The molecular weight excluding hydrogens is 426 g/mol. The molecule has 2 aromatic rings. The van der Waals surface area contributed by atoms with Crippen LogP contribution < -0.4 is 10.2 Å². The monoisotopic (exact) mass is 451 g/mol. The minimum absolute atomic E-state index is 0.0476. The number of rotatable bonds is 3. The average Bonchev–Trinajstić information content (AvgIpc) is 3.02. The summed E-state index contributed by atoms with van der Waals surface area (Å²) < 4.78 is 0.739. The van der Waals surface area contributed by atoms with Crippen molar-refractivity contribution in [1.29, 1.82) is 0 Å². The lowest BCUT2D eigenvalue weighted by Crippen LogP contribution is -2.33. The highest BCUT2D eigenvalue weighted by Crippen LogP contribution is 2.40. The number of piperidine rings is 1. The van der Waals surface area contributed by atoms with Gasteiger partial charge in [-0.25, -0.2) is 4.98 Å². The Hall–Kier alpha value is -1.60. The summed E-state index contributed by atoms with van der Waals surface area (Å²) in [6.07, 6.45) is 2.35. The Morgan fingerprint density at radius 3 is 2.63 bits per heavy atom. The number of anilines is 2. The van der Waals surface area contributed by atoms with E-state index in [4.69, 9.17) is 4.98 Å². The van der Waals surface area contributed by atoms with Crippen LogP contribution in [0.5, 0.6) is 5.75 Å². The molecule has 7 heteroatoms. The molecule has 2 N–H and O–H groups in total. The number of aromatic nitrogens is 1. The van der Waals surface area contributed by atoms with Crippen molar-refractivity contribution >= 4 is 43.3 Å². The van der Waals surface area contributed by atoms with E-state index in [0.29, 0.717) is 5.13 Å². The van der Waals surface area contributed by atoms with E-state index in [0.717, 1.165) is 34.2 Å². The van der Waals surface area contributed by atoms with Crippen molar-refractivity contribution in [2.45, 2.75) is 46.0 Å². The molecule has 1 amide bonds. The number of nitrogens with zero attached hydrogens (tertiary/aromatic N) is 2. The van der Waals surface area contributed by atoms with Gasteiger partial charge in [0.05, 0.1) is 11.3 Å². The number of halogens is 1. The highest BCUT2D eigenvalue weighted by atomic mass is 79.9. The zero-order chi connectivity index (χ0) is 19.8. The number of nitrogens with one attached hydrogen (secondary N) is 1. The van der Waals surface area contributed by atoms with Crippen LogP contribution in [-0.4, -0.2) is 29.1 Å². The van der Waals surface area contributed by atoms with E-state index in [1.54, 1.807) is 12.1 Å². The number of phenolic OH excluding ortho intramolecular Hbond substituents is 1. The Kier molecular flexibility index (Phi) is 5.82. The molecule has 0 aliphatic carbocycles. The topological polar surface area (TPSA) is 65.5 Å². The molecule has 3 rings (SSSR count). The fourth-order valence-corrected chi connectivity index (χ4v) is 4.72. The molecule has 5 nitrogen and oxygen atoms in total. The van der Waals surface area contributed by atoms with Gasteiger partial charge in [-0.15, -0.1) is 0 Å². The van der Waals surface area contributed by atoms with Crippen LogP contribution >= 0.6 is 27.3 Å². The molecular formula is C20H26BrN3O2S. The maximum atomic E-state index is 12.6. The predicted octanol–water partition coefficient (Wildman–Crippen LogP) is 5.40. The van der Waals surface area contributed by atoms with Gasteiger partial charge in [0.15, 0.2) is 5.13 Å². The fraction of sp³-hybridized carbons (Fsp3) is 0.500. The van der Waals surface area contributed by atoms with Crippen LogP contribution in [0.25, 0.3) is 0 Å². The second-order valence-electron chi connectivity index (χ2n) is 8.21. The molecule has 2 heterocycles. The summed E-state index contributed by atoms with van der Waals surface area (Å²) in [6.45, 7) is 10.8. The molecule has 0 unspecified atom stereocenters. The Labute approximate surface area is 172 Å². The molecule has 27 heavy (non-hydrogen) atoms. The van der Waals surface area contributed by atoms with E-state index >= 15 is 0 Å². The molecule has 1 fully saturated rings. The number of carbonyl (C=O) groups excluding carboxylic acids is 1. The van der Waals surface area contributed by atoms with Crippen molar-refractivity contribution in [3.05, 3.63) is 33.9 Å². The molecule has 0 spiro atoms. The standard InChI is InChI=1S/C20H26BrN3O2S/c1-12-7-9-24(10-8-12)18-16(20(2,3)4)22-19(27-18)23-17(26)14-11-13(21)5-6-15(14)25/h5-6,11-12,25H,7-10H2,1-4H3,(H,22,23,26). The van der Waals surface area contributed by atoms with E-state index in [9.17, 15) is 9.90 Å². The van der Waals surface area contributed by atoms with Crippen molar-refractivity contribution < 1.29 is 9.90 Å². The first-order valence-electron chi connectivity index (χ1n) is 9.21. The predicted molar refractivity (Wildman–Crippen MR) is 115 cm³/mol. The third kappa shape index (κ3) is 4.63. The Balaban J connectivity index is 1.88. The molecule has 1 aromatic heterocycles. The molecule has 146 valence electrons. The summed E-state index contributed by atoms with van der Waals surface area (Å²) in [5.74, 6) is 0.348. The van der Waals surface area contributed by atoms with Gasteiger partial charge in [-0.2, -0.15) is 0 Å². The molecule has 0 atom stereocenters. The number of aromatic hydroxyl groups is 1. The molecule has 0 saturated carbocycles. The van der Waals surface area contributed by atoms with Crippen LogP contribution in [-0.2, 0) is 5.41 Å². The Morgan fingerprint density at radius 1 is 1.33 bits per heavy atom. The second kappa shape index (κ2) is 7.80. The van der Waals surface area contributed by atoms with Crippen LogP contribution in [0.3, 0.4) is 0 Å². The maximum absolute atomic E-state index is 12.6. The van der Waals surface area contributed by atoms with Crippen molar-refractivity contribution in [2.24, 2.45) is 5.92 Å². The van der Waals surface area contributed by atoms with Crippen LogP contribution in [0, 0.1) is 5.92 Å². The molecule has 0 radical (unpaired) electrons. The van der Waals surface area contributed by atoms with Gasteiger partial charge in [0.2, 0.25) is 0 Å². The lowest BCUT2D eigenvalue weighted by Gasteiger charge is -2.33. The van der Waals surface area contributed by atoms with Crippen LogP contribution in [0.15, 0.2) is 22.7 Å². The SMILES string of the molecule is CC1CCN(c2sc(NC(=O)c3cc(Br)ccc3O)nc2C(C)(C)C)CC1. The number of benzene rings is 1. The molecule has 0 bridgehead atoms. The number of hydrogen-bond donors (Lipinski definition) is 2. The smallest absolute Gasteiger partial charge is 0.261 e. The third-order valence-electron chi connectivity index (χ3n) is 4.81. The number of hydrogen-bond acceptors (Lipinski definition) is 5. The second-order valence-corrected chi connectivity index (χ2v) is 10.1. The molecule has 1 aromatic carbocycles. The zero-order valence-electron chi connectivity index (χ0n) is 16.2. The molecule has 1 saturated heterocycles. The lowest BCUT2D eigenvalue weighted by atomic mass is 9.91. The summed E-state index contributed by atoms with van der Waals surface area (Å²) >= 11 is 4.85. The zero-order valence-corrected chi connectivity index (χ0v) is 18.6. The van der Waals surface area contributed by atoms with Crippen molar-refractivity contribution in [3.63, 3.8) is 0 Å². The first kappa shape index (κ1) is 20.1. The van der Waals surface area contributed by atoms with Gasteiger partial charge in [-0.1, -0.05) is 55.0 Å². The average molecular weight is 452 g/mol. The highest BCUT2D eigenvalue weighted by molar-refractivity contribution is 9.10. The van der Waals surface area contributed by atoms with Crippen molar-refractivity contribution in [3.8, 4) is 5.75 Å². The van der Waals surface area contributed by atoms with Crippen LogP contribution in [0.4, 0.5) is 10.1 Å². The van der Waals surface area contributed by atoms with Crippen molar-refractivity contribution in [1.82, 2.24) is 4.98 Å². The molecule has 1 aliphatic heterocycles. The minimum atomic E-state index is -0.359. The van der Waals surface area contributed by atoms with E-state index in [-0.39, 0.29) is 22.6 Å². The molecule has 1 aliphatic rings. The van der Waals surface area contributed by atoms with E-state index < -0.39 is 0 Å². The van der Waals surface area contributed by atoms with E-state index in [1.165, 1.54) is 30.2 Å². The number of thiazole rings is 1. The minimum Gasteiger partial charge on any atom is -0.507 e.